The van der Waals surface area contributed by atoms with Gasteiger partial charge < -0.3 is 5.32 Å². The second-order valence-electron chi connectivity index (χ2n) is 8.17. The Bertz CT molecular complexity index is 1230. The summed E-state index contributed by atoms with van der Waals surface area (Å²) in [4.78, 5) is 13.0. The van der Waals surface area contributed by atoms with E-state index < -0.39 is 10.0 Å². The molecule has 0 saturated carbocycles. The number of carbonyl (C=O) groups excluding carboxylic acids is 1. The molecule has 3 aromatic rings. The lowest BCUT2D eigenvalue weighted by Gasteiger charge is -2.31. The Hall–Kier alpha value is -3.12. The van der Waals surface area contributed by atoms with Gasteiger partial charge in [-0.05, 0) is 81.6 Å². The Balaban J connectivity index is 1.61. The number of nitrogens with zero attached hydrogens (tertiary/aromatic N) is 1. The first-order valence-electron chi connectivity index (χ1n) is 10.4. The van der Waals surface area contributed by atoms with E-state index in [1.54, 1.807) is 24.3 Å². The molecular formula is C25H26N2O3S. The van der Waals surface area contributed by atoms with Crippen LogP contribution in [0, 0.1) is 20.8 Å². The summed E-state index contributed by atoms with van der Waals surface area (Å²) in [6.07, 6.45) is 1.50. The van der Waals surface area contributed by atoms with Crippen LogP contribution in [0.25, 0.3) is 0 Å². The fourth-order valence-corrected chi connectivity index (χ4v) is 5.58. The average Bonchev–Trinajstić information content (AvgIpc) is 2.72. The molecule has 0 saturated heterocycles. The number of benzene rings is 3. The number of hydrogen-bond donors (Lipinski definition) is 1. The Morgan fingerprint density at radius 2 is 1.55 bits per heavy atom. The van der Waals surface area contributed by atoms with Crippen molar-refractivity contribution in [1.29, 1.82) is 0 Å². The molecule has 0 aromatic heterocycles. The van der Waals surface area contributed by atoms with Crippen LogP contribution in [0.5, 0.6) is 0 Å². The molecule has 0 fully saturated rings. The maximum absolute atomic E-state index is 13.2. The van der Waals surface area contributed by atoms with Crippen molar-refractivity contribution in [2.45, 2.75) is 38.5 Å². The lowest BCUT2D eigenvalue weighted by atomic mass is 10.0. The van der Waals surface area contributed by atoms with Gasteiger partial charge in [0.25, 0.3) is 15.9 Å². The van der Waals surface area contributed by atoms with Crippen molar-refractivity contribution in [2.24, 2.45) is 0 Å². The Morgan fingerprint density at radius 3 is 2.23 bits per heavy atom. The van der Waals surface area contributed by atoms with Gasteiger partial charge in [0.05, 0.1) is 10.6 Å². The van der Waals surface area contributed by atoms with Crippen LogP contribution < -0.4 is 9.62 Å². The molecule has 0 aliphatic carbocycles. The number of sulfonamides is 1. The third-order valence-electron chi connectivity index (χ3n) is 5.51. The van der Waals surface area contributed by atoms with Crippen LogP contribution in [-0.4, -0.2) is 20.9 Å². The molecule has 6 heteroatoms. The van der Waals surface area contributed by atoms with Crippen LogP contribution in [0.1, 0.15) is 39.0 Å². The molecule has 31 heavy (non-hydrogen) atoms. The van der Waals surface area contributed by atoms with Crippen LogP contribution in [0.15, 0.2) is 65.6 Å². The van der Waals surface area contributed by atoms with E-state index in [1.807, 2.05) is 57.2 Å². The second kappa shape index (κ2) is 8.19. The highest BCUT2D eigenvalue weighted by atomic mass is 32.2. The molecule has 3 aromatic carbocycles. The summed E-state index contributed by atoms with van der Waals surface area (Å²) in [6, 6.07) is 18.1. The van der Waals surface area contributed by atoms with Crippen LogP contribution in [0.3, 0.4) is 0 Å². The van der Waals surface area contributed by atoms with E-state index in [1.165, 1.54) is 4.31 Å². The quantitative estimate of drug-likeness (QED) is 0.628. The van der Waals surface area contributed by atoms with E-state index in [0.717, 1.165) is 35.1 Å². The number of fused-ring (bicyclic) bond motifs is 1. The van der Waals surface area contributed by atoms with Crippen molar-refractivity contribution < 1.29 is 13.2 Å². The van der Waals surface area contributed by atoms with Gasteiger partial charge in [0, 0.05) is 17.8 Å². The zero-order valence-corrected chi connectivity index (χ0v) is 18.8. The van der Waals surface area contributed by atoms with Gasteiger partial charge in [-0.1, -0.05) is 34.9 Å². The van der Waals surface area contributed by atoms with E-state index in [9.17, 15) is 13.2 Å². The summed E-state index contributed by atoms with van der Waals surface area (Å²) in [6.45, 7) is 6.30. The third kappa shape index (κ3) is 4.35. The summed E-state index contributed by atoms with van der Waals surface area (Å²) in [5, 5.41) is 2.95. The summed E-state index contributed by atoms with van der Waals surface area (Å²) in [5.41, 5.74) is 5.95. The first-order chi connectivity index (χ1) is 14.7. The van der Waals surface area contributed by atoms with Gasteiger partial charge >= 0.3 is 0 Å². The maximum Gasteiger partial charge on any atom is 0.264 e. The van der Waals surface area contributed by atoms with Gasteiger partial charge in [-0.15, -0.1) is 0 Å². The molecule has 1 aliphatic rings. The van der Waals surface area contributed by atoms with Gasteiger partial charge in [0.15, 0.2) is 0 Å². The maximum atomic E-state index is 13.2. The number of nitrogens with one attached hydrogen (secondary N) is 1. The predicted molar refractivity (Wildman–Crippen MR) is 124 cm³/mol. The van der Waals surface area contributed by atoms with Gasteiger partial charge in [0.1, 0.15) is 0 Å². The van der Waals surface area contributed by atoms with E-state index in [2.05, 4.69) is 5.32 Å². The lowest BCUT2D eigenvalue weighted by Crippen LogP contribution is -2.35. The number of anilines is 2. The normalized spacial score (nSPS) is 13.6. The highest BCUT2D eigenvalue weighted by Gasteiger charge is 2.29. The highest BCUT2D eigenvalue weighted by Crippen LogP contribution is 2.34. The summed E-state index contributed by atoms with van der Waals surface area (Å²) < 4.78 is 27.9. The van der Waals surface area contributed by atoms with Crippen LogP contribution in [-0.2, 0) is 16.4 Å². The minimum atomic E-state index is -3.63. The van der Waals surface area contributed by atoms with E-state index in [-0.39, 0.29) is 10.8 Å². The number of amides is 1. The van der Waals surface area contributed by atoms with Crippen molar-refractivity contribution in [2.75, 3.05) is 16.2 Å². The predicted octanol–water partition coefficient (Wildman–Crippen LogP) is 5.01. The van der Waals surface area contributed by atoms with E-state index >= 15 is 0 Å². The summed E-state index contributed by atoms with van der Waals surface area (Å²) in [7, 11) is -3.63. The largest absolute Gasteiger partial charge is 0.322 e. The van der Waals surface area contributed by atoms with E-state index in [4.69, 9.17) is 0 Å². The molecule has 0 radical (unpaired) electrons. The summed E-state index contributed by atoms with van der Waals surface area (Å²) in [5.74, 6) is -0.174. The van der Waals surface area contributed by atoms with Crippen molar-refractivity contribution in [1.82, 2.24) is 0 Å². The first-order valence-corrected chi connectivity index (χ1v) is 11.8. The van der Waals surface area contributed by atoms with Crippen molar-refractivity contribution in [3.63, 3.8) is 0 Å². The topological polar surface area (TPSA) is 66.5 Å². The molecular weight excluding hydrogens is 408 g/mol. The average molecular weight is 435 g/mol. The molecule has 1 heterocycles. The second-order valence-corrected chi connectivity index (χ2v) is 10.0. The van der Waals surface area contributed by atoms with Crippen molar-refractivity contribution in [3.05, 3.63) is 88.5 Å². The number of hydrogen-bond acceptors (Lipinski definition) is 3. The molecule has 4 rings (SSSR count). The standard InChI is InChI=1S/C25H26N2O3S/c1-17-6-9-23(10-7-17)31(29,30)27-12-4-5-20-16-22(8-11-24(20)27)26-25(28)21-14-18(2)13-19(3)15-21/h6-11,13-16H,4-5,12H2,1-3H3,(H,26,28). The van der Waals surface area contributed by atoms with E-state index in [0.29, 0.717) is 23.5 Å². The summed E-state index contributed by atoms with van der Waals surface area (Å²) >= 11 is 0. The molecule has 5 nitrogen and oxygen atoms in total. The molecule has 0 spiro atoms. The van der Waals surface area contributed by atoms with Crippen molar-refractivity contribution in [3.8, 4) is 0 Å². The molecule has 0 atom stereocenters. The SMILES string of the molecule is Cc1ccc(S(=O)(=O)N2CCCc3cc(NC(=O)c4cc(C)cc(C)c4)ccc32)cc1. The molecule has 1 N–H and O–H groups in total. The molecule has 1 aliphatic heterocycles. The fourth-order valence-electron chi connectivity index (χ4n) is 4.04. The Labute approximate surface area is 183 Å². The van der Waals surface area contributed by atoms with Crippen molar-refractivity contribution >= 4 is 27.3 Å². The number of carbonyl (C=O) groups is 1. The zero-order chi connectivity index (χ0) is 22.2. The number of aryl methyl sites for hydroxylation is 4. The van der Waals surface area contributed by atoms with Gasteiger partial charge in [-0.25, -0.2) is 8.42 Å². The smallest absolute Gasteiger partial charge is 0.264 e. The third-order valence-corrected chi connectivity index (χ3v) is 7.33. The van der Waals surface area contributed by atoms with Gasteiger partial charge in [-0.2, -0.15) is 0 Å². The molecule has 160 valence electrons. The first kappa shape index (κ1) is 21.1. The fraction of sp³-hybridized carbons (Fsp3) is 0.240. The minimum absolute atomic E-state index is 0.174. The minimum Gasteiger partial charge on any atom is -0.322 e. The Kier molecular flexibility index (Phi) is 5.58. The van der Waals surface area contributed by atoms with Crippen LogP contribution >= 0.6 is 0 Å². The lowest BCUT2D eigenvalue weighted by molar-refractivity contribution is 0.102. The molecule has 0 unspecified atom stereocenters. The molecule has 0 bridgehead atoms. The Morgan fingerprint density at radius 1 is 0.871 bits per heavy atom. The monoisotopic (exact) mass is 434 g/mol. The van der Waals surface area contributed by atoms with Crippen LogP contribution in [0.2, 0.25) is 0 Å². The van der Waals surface area contributed by atoms with Crippen LogP contribution in [0.4, 0.5) is 11.4 Å². The number of rotatable bonds is 4. The van der Waals surface area contributed by atoms with Gasteiger partial charge in [0.2, 0.25) is 0 Å². The highest BCUT2D eigenvalue weighted by molar-refractivity contribution is 7.92. The van der Waals surface area contributed by atoms with Gasteiger partial charge in [-0.3, -0.25) is 9.10 Å². The molecule has 1 amide bonds. The zero-order valence-electron chi connectivity index (χ0n) is 18.0.